The Hall–Kier alpha value is -1.92. The van der Waals surface area contributed by atoms with E-state index >= 15 is 0 Å². The third-order valence-corrected chi connectivity index (χ3v) is 3.73. The molecule has 2 heterocycles. The first-order valence-electron chi connectivity index (χ1n) is 7.01. The van der Waals surface area contributed by atoms with Crippen LogP contribution in [0, 0.1) is 0 Å². The van der Waals surface area contributed by atoms with Crippen molar-refractivity contribution in [3.05, 3.63) is 30.0 Å². The Bertz CT molecular complexity index is 625. The average molecular weight is 290 g/mol. The van der Waals surface area contributed by atoms with E-state index in [4.69, 9.17) is 14.0 Å². The maximum absolute atomic E-state index is 12.2. The van der Waals surface area contributed by atoms with Gasteiger partial charge in [-0.05, 0) is 18.6 Å². The molecule has 0 spiro atoms. The Morgan fingerprint density at radius 2 is 2.33 bits per heavy atom. The second kappa shape index (κ2) is 6.24. The molecule has 1 fully saturated rings. The van der Waals surface area contributed by atoms with Gasteiger partial charge in [0.2, 0.25) is 5.91 Å². The van der Waals surface area contributed by atoms with E-state index in [9.17, 15) is 4.79 Å². The van der Waals surface area contributed by atoms with Crippen LogP contribution in [0.5, 0.6) is 0 Å². The summed E-state index contributed by atoms with van der Waals surface area (Å²) in [7, 11) is 1.63. The van der Waals surface area contributed by atoms with E-state index in [-0.39, 0.29) is 24.5 Å². The number of benzene rings is 1. The van der Waals surface area contributed by atoms with Crippen LogP contribution in [-0.4, -0.2) is 43.5 Å². The average Bonchev–Trinajstić information content (AvgIpc) is 2.91. The molecule has 3 rings (SSSR count). The van der Waals surface area contributed by atoms with E-state index in [0.717, 1.165) is 11.8 Å². The number of hydrogen-bond acceptors (Lipinski definition) is 5. The fourth-order valence-corrected chi connectivity index (χ4v) is 2.58. The summed E-state index contributed by atoms with van der Waals surface area (Å²) < 4.78 is 15.9. The minimum atomic E-state index is -0.100. The molecular formula is C15H18N2O4. The van der Waals surface area contributed by atoms with E-state index in [1.807, 2.05) is 24.3 Å². The molecule has 2 unspecified atom stereocenters. The normalized spacial score (nSPS) is 22.3. The Morgan fingerprint density at radius 1 is 1.48 bits per heavy atom. The van der Waals surface area contributed by atoms with Gasteiger partial charge in [-0.1, -0.05) is 17.3 Å². The number of aromatic nitrogens is 1. The zero-order valence-corrected chi connectivity index (χ0v) is 11.9. The van der Waals surface area contributed by atoms with Crippen LogP contribution < -0.4 is 5.32 Å². The lowest BCUT2D eigenvalue weighted by Gasteiger charge is -2.30. The highest BCUT2D eigenvalue weighted by Gasteiger charge is 2.27. The zero-order chi connectivity index (χ0) is 14.7. The van der Waals surface area contributed by atoms with Crippen molar-refractivity contribution >= 4 is 16.9 Å². The van der Waals surface area contributed by atoms with Crippen LogP contribution in [0.3, 0.4) is 0 Å². The number of nitrogens with one attached hydrogen (secondary N) is 1. The Kier molecular flexibility index (Phi) is 4.17. The van der Waals surface area contributed by atoms with Gasteiger partial charge < -0.3 is 19.3 Å². The van der Waals surface area contributed by atoms with E-state index in [1.165, 1.54) is 0 Å². The van der Waals surface area contributed by atoms with Crippen LogP contribution in [0.4, 0.5) is 0 Å². The minimum Gasteiger partial charge on any atom is -0.379 e. The SMILES string of the molecule is COC1COCCC1NC(=O)Cc1noc2ccccc12. The van der Waals surface area contributed by atoms with Crippen LogP contribution in [0.2, 0.25) is 0 Å². The molecule has 2 atom stereocenters. The third-order valence-electron chi connectivity index (χ3n) is 3.73. The molecule has 0 bridgehead atoms. The standard InChI is InChI=1S/C15H18N2O4/c1-19-14-9-20-7-6-11(14)16-15(18)8-12-10-4-2-3-5-13(10)21-17-12/h2-5,11,14H,6-9H2,1H3,(H,16,18). The molecule has 21 heavy (non-hydrogen) atoms. The highest BCUT2D eigenvalue weighted by molar-refractivity contribution is 5.86. The predicted molar refractivity (Wildman–Crippen MR) is 75.9 cm³/mol. The van der Waals surface area contributed by atoms with Gasteiger partial charge in [-0.3, -0.25) is 4.79 Å². The first-order valence-corrected chi connectivity index (χ1v) is 7.01. The molecule has 1 aliphatic heterocycles. The Morgan fingerprint density at radius 3 is 3.19 bits per heavy atom. The third kappa shape index (κ3) is 3.06. The van der Waals surface area contributed by atoms with Crippen molar-refractivity contribution in [2.45, 2.75) is 25.0 Å². The molecule has 1 aromatic heterocycles. The summed E-state index contributed by atoms with van der Waals surface area (Å²) in [6.45, 7) is 1.14. The number of fused-ring (bicyclic) bond motifs is 1. The van der Waals surface area contributed by atoms with Gasteiger partial charge in [0.15, 0.2) is 5.58 Å². The number of methoxy groups -OCH3 is 1. The van der Waals surface area contributed by atoms with Gasteiger partial charge in [0.1, 0.15) is 11.8 Å². The predicted octanol–water partition coefficient (Wildman–Crippen LogP) is 1.29. The number of carbonyl (C=O) groups is 1. The van der Waals surface area contributed by atoms with Gasteiger partial charge in [0.05, 0.1) is 19.1 Å². The maximum atomic E-state index is 12.2. The van der Waals surface area contributed by atoms with E-state index in [2.05, 4.69) is 10.5 Å². The molecule has 0 aliphatic carbocycles. The summed E-state index contributed by atoms with van der Waals surface area (Å²) >= 11 is 0. The van der Waals surface area contributed by atoms with Crippen LogP contribution in [0.15, 0.2) is 28.8 Å². The van der Waals surface area contributed by atoms with E-state index < -0.39 is 0 Å². The number of carbonyl (C=O) groups excluding carboxylic acids is 1. The molecule has 0 saturated carbocycles. The molecule has 1 amide bonds. The lowest BCUT2D eigenvalue weighted by Crippen LogP contribution is -2.50. The van der Waals surface area contributed by atoms with Gasteiger partial charge in [0, 0.05) is 19.1 Å². The molecule has 6 heteroatoms. The summed E-state index contributed by atoms with van der Waals surface area (Å²) in [5.74, 6) is -0.0806. The van der Waals surface area contributed by atoms with E-state index in [1.54, 1.807) is 7.11 Å². The lowest BCUT2D eigenvalue weighted by atomic mass is 10.1. The monoisotopic (exact) mass is 290 g/mol. The maximum Gasteiger partial charge on any atom is 0.226 e. The molecule has 0 radical (unpaired) electrons. The van der Waals surface area contributed by atoms with Crippen molar-refractivity contribution in [1.29, 1.82) is 0 Å². The summed E-state index contributed by atoms with van der Waals surface area (Å²) in [6.07, 6.45) is 0.853. The van der Waals surface area contributed by atoms with Crippen molar-refractivity contribution in [3.8, 4) is 0 Å². The summed E-state index contributed by atoms with van der Waals surface area (Å²) in [4.78, 5) is 12.2. The second-order valence-electron chi connectivity index (χ2n) is 5.11. The molecule has 1 aromatic carbocycles. The minimum absolute atomic E-state index is 0.0191. The van der Waals surface area contributed by atoms with Crippen LogP contribution in [-0.2, 0) is 20.7 Å². The Labute approximate surface area is 122 Å². The van der Waals surface area contributed by atoms with Gasteiger partial charge >= 0.3 is 0 Å². The van der Waals surface area contributed by atoms with Gasteiger partial charge in [0.25, 0.3) is 0 Å². The van der Waals surface area contributed by atoms with Crippen LogP contribution in [0.1, 0.15) is 12.1 Å². The van der Waals surface area contributed by atoms with E-state index in [0.29, 0.717) is 24.5 Å². The quantitative estimate of drug-likeness (QED) is 0.918. The Balaban J connectivity index is 1.66. The van der Waals surface area contributed by atoms with Crippen molar-refractivity contribution in [2.75, 3.05) is 20.3 Å². The molecule has 2 aromatic rings. The molecular weight excluding hydrogens is 272 g/mol. The number of nitrogens with zero attached hydrogens (tertiary/aromatic N) is 1. The number of amides is 1. The molecule has 6 nitrogen and oxygen atoms in total. The van der Waals surface area contributed by atoms with Crippen molar-refractivity contribution in [1.82, 2.24) is 10.5 Å². The van der Waals surface area contributed by atoms with Gasteiger partial charge in [-0.15, -0.1) is 0 Å². The highest BCUT2D eigenvalue weighted by atomic mass is 16.5. The van der Waals surface area contributed by atoms with Crippen molar-refractivity contribution in [2.24, 2.45) is 0 Å². The smallest absolute Gasteiger partial charge is 0.226 e. The summed E-state index contributed by atoms with van der Waals surface area (Å²) in [6, 6.07) is 7.50. The van der Waals surface area contributed by atoms with Gasteiger partial charge in [-0.2, -0.15) is 0 Å². The summed E-state index contributed by atoms with van der Waals surface area (Å²) in [5.41, 5.74) is 1.35. The lowest BCUT2D eigenvalue weighted by molar-refractivity contribution is -0.124. The zero-order valence-electron chi connectivity index (χ0n) is 11.9. The van der Waals surface area contributed by atoms with Crippen molar-refractivity contribution < 1.29 is 18.8 Å². The van der Waals surface area contributed by atoms with Crippen molar-refractivity contribution in [3.63, 3.8) is 0 Å². The topological polar surface area (TPSA) is 73.6 Å². The molecule has 1 saturated heterocycles. The first-order chi connectivity index (χ1) is 10.3. The summed E-state index contributed by atoms with van der Waals surface area (Å²) in [5, 5.41) is 7.85. The van der Waals surface area contributed by atoms with Crippen LogP contribution >= 0.6 is 0 Å². The van der Waals surface area contributed by atoms with Gasteiger partial charge in [-0.25, -0.2) is 0 Å². The second-order valence-corrected chi connectivity index (χ2v) is 5.11. The van der Waals surface area contributed by atoms with Crippen LogP contribution in [0.25, 0.3) is 11.0 Å². The molecule has 1 N–H and O–H groups in total. The number of para-hydroxylation sites is 1. The molecule has 112 valence electrons. The number of rotatable bonds is 4. The largest absolute Gasteiger partial charge is 0.379 e. The first kappa shape index (κ1) is 14.0. The fraction of sp³-hybridized carbons (Fsp3) is 0.467. The molecule has 1 aliphatic rings. The number of hydrogen-bond donors (Lipinski definition) is 1. The number of ether oxygens (including phenoxy) is 2. The fourth-order valence-electron chi connectivity index (χ4n) is 2.58. The highest BCUT2D eigenvalue weighted by Crippen LogP contribution is 2.18.